The summed E-state index contributed by atoms with van der Waals surface area (Å²) in [5, 5.41) is 4.11. The van der Waals surface area contributed by atoms with E-state index in [4.69, 9.17) is 4.74 Å². The van der Waals surface area contributed by atoms with Crippen molar-refractivity contribution in [3.8, 4) is 5.75 Å². The molecule has 0 aliphatic rings. The molecule has 1 atom stereocenters. The number of methoxy groups -OCH3 is 1. The van der Waals surface area contributed by atoms with Crippen molar-refractivity contribution in [1.82, 2.24) is 10.3 Å². The van der Waals surface area contributed by atoms with Gasteiger partial charge in [-0.15, -0.1) is 0 Å². The van der Waals surface area contributed by atoms with Crippen LogP contribution in [0.15, 0.2) is 79.0 Å². The van der Waals surface area contributed by atoms with Gasteiger partial charge >= 0.3 is 0 Å². The van der Waals surface area contributed by atoms with Crippen molar-refractivity contribution in [3.63, 3.8) is 0 Å². The highest BCUT2D eigenvalue weighted by Crippen LogP contribution is 2.31. The lowest BCUT2D eigenvalue weighted by molar-refractivity contribution is 0.0952. The normalized spacial score (nSPS) is 11.9. The van der Waals surface area contributed by atoms with Crippen LogP contribution in [0, 0.1) is 5.82 Å². The van der Waals surface area contributed by atoms with Gasteiger partial charge in [0, 0.05) is 35.1 Å². The Hall–Kier alpha value is -3.60. The molecule has 1 heterocycles. The summed E-state index contributed by atoms with van der Waals surface area (Å²) in [6.07, 6.45) is 1.99. The van der Waals surface area contributed by atoms with Crippen LogP contribution in [-0.2, 0) is 0 Å². The predicted octanol–water partition coefficient (Wildman–Crippen LogP) is 4.88. The standard InChI is InChI=1S/C24H21FN2O2/c1-29-19-12-8-16(9-13-19)21(22-15-26-23-5-3-2-4-20(22)23)14-27-24(28)17-6-10-18(25)11-7-17/h2-13,15,21,26H,14H2,1H3,(H,27,28)/t21-/m0/s1. The summed E-state index contributed by atoms with van der Waals surface area (Å²) >= 11 is 0. The zero-order valence-corrected chi connectivity index (χ0v) is 16.0. The van der Waals surface area contributed by atoms with E-state index < -0.39 is 0 Å². The molecular weight excluding hydrogens is 367 g/mol. The fourth-order valence-corrected chi connectivity index (χ4v) is 3.52. The second-order valence-corrected chi connectivity index (χ2v) is 6.83. The Bertz CT molecular complexity index is 1120. The smallest absolute Gasteiger partial charge is 0.251 e. The number of aromatic amines is 1. The number of ether oxygens (including phenoxy) is 1. The maximum Gasteiger partial charge on any atom is 0.251 e. The second kappa shape index (κ2) is 8.19. The molecule has 0 spiro atoms. The third-order valence-electron chi connectivity index (χ3n) is 5.09. The van der Waals surface area contributed by atoms with E-state index in [-0.39, 0.29) is 17.6 Å². The lowest BCUT2D eigenvalue weighted by atomic mass is 9.90. The third-order valence-corrected chi connectivity index (χ3v) is 5.09. The summed E-state index contributed by atoms with van der Waals surface area (Å²) in [5.74, 6) is 0.128. The first-order valence-corrected chi connectivity index (χ1v) is 9.39. The molecule has 29 heavy (non-hydrogen) atoms. The molecule has 5 heteroatoms. The topological polar surface area (TPSA) is 54.1 Å². The van der Waals surface area contributed by atoms with Crippen molar-refractivity contribution < 1.29 is 13.9 Å². The number of carbonyl (C=O) groups excluding carboxylic acids is 1. The zero-order valence-electron chi connectivity index (χ0n) is 16.0. The summed E-state index contributed by atoms with van der Waals surface area (Å²) < 4.78 is 18.4. The summed E-state index contributed by atoms with van der Waals surface area (Å²) in [5.41, 5.74) is 3.64. The van der Waals surface area contributed by atoms with Gasteiger partial charge in [-0.05, 0) is 53.6 Å². The Labute approximate surface area is 168 Å². The van der Waals surface area contributed by atoms with Crippen LogP contribution in [0.1, 0.15) is 27.4 Å². The molecule has 0 unspecified atom stereocenters. The number of rotatable bonds is 6. The number of benzene rings is 3. The van der Waals surface area contributed by atoms with Gasteiger partial charge in [-0.2, -0.15) is 0 Å². The zero-order chi connectivity index (χ0) is 20.2. The van der Waals surface area contributed by atoms with Crippen molar-refractivity contribution in [2.75, 3.05) is 13.7 Å². The van der Waals surface area contributed by atoms with Crippen molar-refractivity contribution in [2.24, 2.45) is 0 Å². The molecule has 4 nitrogen and oxygen atoms in total. The number of para-hydroxylation sites is 1. The molecule has 0 radical (unpaired) electrons. The number of amides is 1. The van der Waals surface area contributed by atoms with Gasteiger partial charge in [0.05, 0.1) is 7.11 Å². The molecule has 0 saturated carbocycles. The van der Waals surface area contributed by atoms with E-state index in [9.17, 15) is 9.18 Å². The highest BCUT2D eigenvalue weighted by Gasteiger charge is 2.19. The molecule has 0 fully saturated rings. The SMILES string of the molecule is COc1ccc([C@H](CNC(=O)c2ccc(F)cc2)c2c[nH]c3ccccc23)cc1. The molecule has 2 N–H and O–H groups in total. The van der Waals surface area contributed by atoms with Gasteiger partial charge in [0.1, 0.15) is 11.6 Å². The predicted molar refractivity (Wildman–Crippen MR) is 112 cm³/mol. The molecule has 0 aliphatic carbocycles. The number of H-pyrrole nitrogens is 1. The van der Waals surface area contributed by atoms with E-state index in [1.165, 1.54) is 24.3 Å². The van der Waals surface area contributed by atoms with Crippen molar-refractivity contribution >= 4 is 16.8 Å². The molecule has 0 aliphatic heterocycles. The number of carbonyl (C=O) groups is 1. The van der Waals surface area contributed by atoms with Crippen LogP contribution in [0.4, 0.5) is 4.39 Å². The average molecular weight is 388 g/mol. The van der Waals surface area contributed by atoms with Gasteiger partial charge in [0.2, 0.25) is 0 Å². The molecule has 4 aromatic rings. The van der Waals surface area contributed by atoms with E-state index >= 15 is 0 Å². The Morgan fingerprint density at radius 1 is 1.03 bits per heavy atom. The molecule has 1 amide bonds. The van der Waals surface area contributed by atoms with Crippen LogP contribution in [0.3, 0.4) is 0 Å². The Kier molecular flexibility index (Phi) is 5.29. The van der Waals surface area contributed by atoms with E-state index in [0.717, 1.165) is 27.8 Å². The first-order valence-electron chi connectivity index (χ1n) is 9.39. The van der Waals surface area contributed by atoms with E-state index in [2.05, 4.69) is 16.4 Å². The molecule has 4 rings (SSSR count). The number of aromatic nitrogens is 1. The van der Waals surface area contributed by atoms with Gasteiger partial charge in [-0.1, -0.05) is 30.3 Å². The molecule has 146 valence electrons. The van der Waals surface area contributed by atoms with Gasteiger partial charge in [0.25, 0.3) is 5.91 Å². The number of hydrogen-bond acceptors (Lipinski definition) is 2. The minimum absolute atomic E-state index is 0.0542. The van der Waals surface area contributed by atoms with Gasteiger partial charge in [-0.3, -0.25) is 4.79 Å². The van der Waals surface area contributed by atoms with Crippen LogP contribution in [-0.4, -0.2) is 24.5 Å². The minimum Gasteiger partial charge on any atom is -0.497 e. The van der Waals surface area contributed by atoms with E-state index in [0.29, 0.717) is 12.1 Å². The summed E-state index contributed by atoms with van der Waals surface area (Å²) in [6, 6.07) is 21.5. The van der Waals surface area contributed by atoms with Gasteiger partial charge < -0.3 is 15.0 Å². The van der Waals surface area contributed by atoms with Crippen molar-refractivity contribution in [3.05, 3.63) is 102 Å². The first-order chi connectivity index (χ1) is 14.2. The van der Waals surface area contributed by atoms with Crippen molar-refractivity contribution in [2.45, 2.75) is 5.92 Å². The Morgan fingerprint density at radius 3 is 2.48 bits per heavy atom. The average Bonchev–Trinajstić information content (AvgIpc) is 3.19. The molecule has 0 bridgehead atoms. The monoisotopic (exact) mass is 388 g/mol. The third kappa shape index (κ3) is 3.99. The summed E-state index contributed by atoms with van der Waals surface area (Å²) in [7, 11) is 1.63. The van der Waals surface area contributed by atoms with Crippen LogP contribution in [0.25, 0.3) is 10.9 Å². The number of hydrogen-bond donors (Lipinski definition) is 2. The maximum atomic E-state index is 13.1. The van der Waals surface area contributed by atoms with Gasteiger partial charge in [0.15, 0.2) is 0 Å². The molecule has 3 aromatic carbocycles. The fourth-order valence-electron chi connectivity index (χ4n) is 3.52. The molecule has 0 saturated heterocycles. The van der Waals surface area contributed by atoms with Crippen LogP contribution in [0.5, 0.6) is 5.75 Å². The van der Waals surface area contributed by atoms with Gasteiger partial charge in [-0.25, -0.2) is 4.39 Å². The molecular formula is C24H21FN2O2. The van der Waals surface area contributed by atoms with E-state index in [1.54, 1.807) is 7.11 Å². The highest BCUT2D eigenvalue weighted by atomic mass is 19.1. The van der Waals surface area contributed by atoms with Crippen LogP contribution < -0.4 is 10.1 Å². The lowest BCUT2D eigenvalue weighted by Gasteiger charge is -2.19. The largest absolute Gasteiger partial charge is 0.497 e. The van der Waals surface area contributed by atoms with Crippen LogP contribution >= 0.6 is 0 Å². The Balaban J connectivity index is 1.64. The summed E-state index contributed by atoms with van der Waals surface area (Å²) in [4.78, 5) is 15.9. The van der Waals surface area contributed by atoms with Crippen LogP contribution in [0.2, 0.25) is 0 Å². The lowest BCUT2D eigenvalue weighted by Crippen LogP contribution is -2.28. The second-order valence-electron chi connectivity index (χ2n) is 6.83. The van der Waals surface area contributed by atoms with Crippen molar-refractivity contribution in [1.29, 1.82) is 0 Å². The number of fused-ring (bicyclic) bond motifs is 1. The highest BCUT2D eigenvalue weighted by molar-refractivity contribution is 5.94. The number of nitrogens with one attached hydrogen (secondary N) is 2. The quantitative estimate of drug-likeness (QED) is 0.495. The number of halogens is 1. The fraction of sp³-hybridized carbons (Fsp3) is 0.125. The molecule has 1 aromatic heterocycles. The minimum atomic E-state index is -0.364. The Morgan fingerprint density at radius 2 is 1.76 bits per heavy atom. The maximum absolute atomic E-state index is 13.1. The van der Waals surface area contributed by atoms with E-state index in [1.807, 2.05) is 48.7 Å². The first kappa shape index (κ1) is 18.7. The summed E-state index contributed by atoms with van der Waals surface area (Å²) in [6.45, 7) is 0.407.